The number of hydrogen-bond acceptors (Lipinski definition) is 3. The van der Waals surface area contributed by atoms with Crippen molar-refractivity contribution >= 4 is 0 Å². The summed E-state index contributed by atoms with van der Waals surface area (Å²) in [5, 5.41) is 3.34. The first-order valence-corrected chi connectivity index (χ1v) is 4.59. The van der Waals surface area contributed by atoms with E-state index < -0.39 is 0 Å². The van der Waals surface area contributed by atoms with Crippen molar-refractivity contribution in [3.8, 4) is 0 Å². The summed E-state index contributed by atoms with van der Waals surface area (Å²) < 4.78 is 10.8. The molecule has 1 aliphatic rings. The van der Waals surface area contributed by atoms with Gasteiger partial charge in [0.15, 0.2) is 0 Å². The van der Waals surface area contributed by atoms with E-state index in [1.54, 1.807) is 7.11 Å². The first kappa shape index (κ1) is 9.96. The van der Waals surface area contributed by atoms with Crippen LogP contribution in [0.2, 0.25) is 0 Å². The Balaban J connectivity index is 2.29. The maximum Gasteiger partial charge on any atom is 0.0751 e. The molecule has 0 spiro atoms. The van der Waals surface area contributed by atoms with Gasteiger partial charge in [0.25, 0.3) is 0 Å². The molecule has 0 aliphatic carbocycles. The van der Waals surface area contributed by atoms with E-state index in [1.165, 1.54) is 0 Å². The average Bonchev–Trinajstić information content (AvgIpc) is 2.05. The van der Waals surface area contributed by atoms with Crippen LogP contribution in [0.3, 0.4) is 0 Å². The van der Waals surface area contributed by atoms with Crippen molar-refractivity contribution in [3.05, 3.63) is 0 Å². The van der Waals surface area contributed by atoms with Crippen LogP contribution in [0.1, 0.15) is 13.8 Å². The number of morpholine rings is 1. The summed E-state index contributed by atoms with van der Waals surface area (Å²) in [5.74, 6) is 0.477. The maximum atomic E-state index is 5.76. The fourth-order valence-corrected chi connectivity index (χ4v) is 1.53. The third-order valence-electron chi connectivity index (χ3n) is 2.25. The van der Waals surface area contributed by atoms with Gasteiger partial charge in [-0.05, 0) is 6.92 Å². The van der Waals surface area contributed by atoms with E-state index in [2.05, 4.69) is 19.2 Å². The fourth-order valence-electron chi connectivity index (χ4n) is 1.53. The molecule has 0 amide bonds. The molecule has 12 heavy (non-hydrogen) atoms. The minimum absolute atomic E-state index is 0.314. The molecule has 3 atom stereocenters. The Morgan fingerprint density at radius 2 is 2.33 bits per heavy atom. The van der Waals surface area contributed by atoms with Gasteiger partial charge in [-0.1, -0.05) is 6.92 Å². The third kappa shape index (κ3) is 2.73. The normalized spacial score (nSPS) is 33.2. The number of methoxy groups -OCH3 is 1. The number of ether oxygens (including phenoxy) is 2. The van der Waals surface area contributed by atoms with Crippen molar-refractivity contribution in [1.29, 1.82) is 0 Å². The van der Waals surface area contributed by atoms with Crippen LogP contribution in [0.25, 0.3) is 0 Å². The van der Waals surface area contributed by atoms with E-state index in [0.717, 1.165) is 19.7 Å². The molecule has 0 radical (unpaired) electrons. The van der Waals surface area contributed by atoms with Gasteiger partial charge in [0, 0.05) is 26.1 Å². The molecule has 1 fully saturated rings. The quantitative estimate of drug-likeness (QED) is 0.679. The molecule has 1 rings (SSSR count). The van der Waals surface area contributed by atoms with Crippen molar-refractivity contribution in [2.75, 3.05) is 26.8 Å². The molecule has 1 heterocycles. The zero-order chi connectivity index (χ0) is 8.97. The number of nitrogens with one attached hydrogen (secondary N) is 1. The van der Waals surface area contributed by atoms with Crippen LogP contribution in [0.15, 0.2) is 0 Å². The average molecular weight is 173 g/mol. The van der Waals surface area contributed by atoms with Gasteiger partial charge < -0.3 is 14.8 Å². The molecule has 3 heteroatoms. The largest absolute Gasteiger partial charge is 0.384 e. The summed E-state index contributed by atoms with van der Waals surface area (Å²) >= 11 is 0. The Kier molecular flexibility index (Phi) is 3.98. The van der Waals surface area contributed by atoms with Crippen molar-refractivity contribution in [2.45, 2.75) is 26.1 Å². The molecular formula is C9H19NO2. The summed E-state index contributed by atoms with van der Waals surface area (Å²) in [4.78, 5) is 0. The lowest BCUT2D eigenvalue weighted by Gasteiger charge is -2.32. The third-order valence-corrected chi connectivity index (χ3v) is 2.25. The van der Waals surface area contributed by atoms with Crippen molar-refractivity contribution in [3.63, 3.8) is 0 Å². The van der Waals surface area contributed by atoms with E-state index in [0.29, 0.717) is 18.1 Å². The first-order valence-electron chi connectivity index (χ1n) is 4.59. The van der Waals surface area contributed by atoms with Crippen molar-refractivity contribution in [2.24, 2.45) is 5.92 Å². The van der Waals surface area contributed by atoms with Gasteiger partial charge in [-0.3, -0.25) is 0 Å². The lowest BCUT2D eigenvalue weighted by molar-refractivity contribution is -0.0665. The van der Waals surface area contributed by atoms with E-state index in [4.69, 9.17) is 9.47 Å². The number of rotatable bonds is 3. The molecule has 0 saturated carbocycles. The standard InChI is InChI=1S/C9H19NO2/c1-7(6-11-3)9-5-10-4-8(2)12-9/h7-10H,4-6H2,1-3H3. The van der Waals surface area contributed by atoms with E-state index >= 15 is 0 Å². The van der Waals surface area contributed by atoms with E-state index in [-0.39, 0.29) is 0 Å². The van der Waals surface area contributed by atoms with Gasteiger partial charge in [-0.25, -0.2) is 0 Å². The monoisotopic (exact) mass is 173 g/mol. The Bertz CT molecular complexity index is 130. The Hall–Kier alpha value is -0.120. The summed E-state index contributed by atoms with van der Waals surface area (Å²) in [5.41, 5.74) is 0. The van der Waals surface area contributed by atoms with Crippen LogP contribution >= 0.6 is 0 Å². The smallest absolute Gasteiger partial charge is 0.0751 e. The van der Waals surface area contributed by atoms with Crippen molar-refractivity contribution in [1.82, 2.24) is 5.32 Å². The first-order chi connectivity index (χ1) is 5.74. The topological polar surface area (TPSA) is 30.5 Å². The Labute approximate surface area is 74.4 Å². The Morgan fingerprint density at radius 3 is 2.92 bits per heavy atom. The van der Waals surface area contributed by atoms with Gasteiger partial charge in [0.2, 0.25) is 0 Å². The van der Waals surface area contributed by atoms with Crippen LogP contribution in [0, 0.1) is 5.92 Å². The zero-order valence-electron chi connectivity index (χ0n) is 8.17. The highest BCUT2D eigenvalue weighted by atomic mass is 16.5. The van der Waals surface area contributed by atoms with Crippen LogP contribution in [-0.2, 0) is 9.47 Å². The molecule has 0 aromatic heterocycles. The molecule has 0 aromatic carbocycles. The second kappa shape index (κ2) is 4.80. The molecular weight excluding hydrogens is 154 g/mol. The van der Waals surface area contributed by atoms with E-state index in [1.807, 2.05) is 0 Å². The van der Waals surface area contributed by atoms with Crippen LogP contribution < -0.4 is 5.32 Å². The van der Waals surface area contributed by atoms with Crippen LogP contribution in [-0.4, -0.2) is 39.0 Å². The van der Waals surface area contributed by atoms with Gasteiger partial charge >= 0.3 is 0 Å². The van der Waals surface area contributed by atoms with Crippen LogP contribution in [0.4, 0.5) is 0 Å². The molecule has 72 valence electrons. The second-order valence-corrected chi connectivity index (χ2v) is 3.58. The lowest BCUT2D eigenvalue weighted by atomic mass is 10.0. The molecule has 3 nitrogen and oxygen atoms in total. The summed E-state index contributed by atoms with van der Waals surface area (Å²) in [6.07, 6.45) is 0.650. The molecule has 1 N–H and O–H groups in total. The summed E-state index contributed by atoms with van der Waals surface area (Å²) in [7, 11) is 1.73. The highest BCUT2D eigenvalue weighted by Gasteiger charge is 2.23. The molecule has 3 unspecified atom stereocenters. The van der Waals surface area contributed by atoms with Crippen molar-refractivity contribution < 1.29 is 9.47 Å². The molecule has 0 aromatic rings. The minimum Gasteiger partial charge on any atom is -0.384 e. The highest BCUT2D eigenvalue weighted by Crippen LogP contribution is 2.12. The molecule has 0 bridgehead atoms. The SMILES string of the molecule is COCC(C)C1CNCC(C)O1. The predicted molar refractivity (Wildman–Crippen MR) is 48.2 cm³/mol. The van der Waals surface area contributed by atoms with Gasteiger partial charge in [-0.15, -0.1) is 0 Å². The van der Waals surface area contributed by atoms with Gasteiger partial charge in [0.1, 0.15) is 0 Å². The molecule has 1 aliphatic heterocycles. The van der Waals surface area contributed by atoms with Gasteiger partial charge in [-0.2, -0.15) is 0 Å². The highest BCUT2D eigenvalue weighted by molar-refractivity contribution is 4.75. The second-order valence-electron chi connectivity index (χ2n) is 3.58. The lowest BCUT2D eigenvalue weighted by Crippen LogP contribution is -2.46. The maximum absolute atomic E-state index is 5.76. The molecule has 1 saturated heterocycles. The zero-order valence-corrected chi connectivity index (χ0v) is 8.17. The fraction of sp³-hybridized carbons (Fsp3) is 1.00. The summed E-state index contributed by atoms with van der Waals surface area (Å²) in [6.45, 7) is 6.96. The number of hydrogen-bond donors (Lipinski definition) is 1. The minimum atomic E-state index is 0.314. The summed E-state index contributed by atoms with van der Waals surface area (Å²) in [6, 6.07) is 0. The Morgan fingerprint density at radius 1 is 1.58 bits per heavy atom. The van der Waals surface area contributed by atoms with E-state index in [9.17, 15) is 0 Å². The van der Waals surface area contributed by atoms with Crippen LogP contribution in [0.5, 0.6) is 0 Å². The predicted octanol–water partition coefficient (Wildman–Crippen LogP) is 0.646. The van der Waals surface area contributed by atoms with Gasteiger partial charge in [0.05, 0.1) is 18.8 Å².